The second-order valence-corrected chi connectivity index (χ2v) is 5.73. The number of benzene rings is 1. The minimum absolute atomic E-state index is 0.178. The molecule has 0 aliphatic rings. The SMILES string of the molecule is CCC(C)C(NC(=O)c1cc(-c2ccccc2Cl)n[nH]1)C(=O)O. The smallest absolute Gasteiger partial charge is 0.326 e. The Kier molecular flexibility index (Phi) is 5.39. The minimum atomic E-state index is -1.06. The normalized spacial score (nSPS) is 13.3. The number of halogens is 1. The summed E-state index contributed by atoms with van der Waals surface area (Å²) < 4.78 is 0. The van der Waals surface area contributed by atoms with Crippen molar-refractivity contribution >= 4 is 23.5 Å². The van der Waals surface area contributed by atoms with Gasteiger partial charge in [0.05, 0.1) is 10.7 Å². The molecule has 1 amide bonds. The molecular formula is C16H18ClN3O3. The Balaban J connectivity index is 2.18. The third-order valence-corrected chi connectivity index (χ3v) is 4.07. The van der Waals surface area contributed by atoms with Crippen molar-refractivity contribution in [3.05, 3.63) is 41.0 Å². The van der Waals surface area contributed by atoms with Crippen molar-refractivity contribution in [1.82, 2.24) is 15.5 Å². The van der Waals surface area contributed by atoms with E-state index in [0.717, 1.165) is 0 Å². The fourth-order valence-electron chi connectivity index (χ4n) is 2.15. The average Bonchev–Trinajstić information content (AvgIpc) is 3.01. The van der Waals surface area contributed by atoms with E-state index in [1.54, 1.807) is 31.2 Å². The molecule has 0 saturated carbocycles. The molecular weight excluding hydrogens is 318 g/mol. The number of hydrogen-bond acceptors (Lipinski definition) is 3. The molecule has 2 atom stereocenters. The highest BCUT2D eigenvalue weighted by atomic mass is 35.5. The number of H-pyrrole nitrogens is 1. The quantitative estimate of drug-likeness (QED) is 0.756. The first-order valence-corrected chi connectivity index (χ1v) is 7.65. The number of nitrogens with one attached hydrogen (secondary N) is 2. The Morgan fingerprint density at radius 2 is 2.09 bits per heavy atom. The Labute approximate surface area is 138 Å². The zero-order chi connectivity index (χ0) is 17.0. The summed E-state index contributed by atoms with van der Waals surface area (Å²) in [6.07, 6.45) is 0.644. The van der Waals surface area contributed by atoms with Crippen LogP contribution in [0.5, 0.6) is 0 Å². The van der Waals surface area contributed by atoms with Crippen molar-refractivity contribution in [2.24, 2.45) is 5.92 Å². The van der Waals surface area contributed by atoms with Crippen LogP contribution in [-0.2, 0) is 4.79 Å². The van der Waals surface area contributed by atoms with Gasteiger partial charge in [0.25, 0.3) is 5.91 Å². The van der Waals surface area contributed by atoms with Crippen molar-refractivity contribution in [2.75, 3.05) is 0 Å². The molecule has 23 heavy (non-hydrogen) atoms. The van der Waals surface area contributed by atoms with Crippen molar-refractivity contribution in [3.63, 3.8) is 0 Å². The molecule has 1 aromatic heterocycles. The van der Waals surface area contributed by atoms with E-state index in [2.05, 4.69) is 15.5 Å². The lowest BCUT2D eigenvalue weighted by Crippen LogP contribution is -2.45. The van der Waals surface area contributed by atoms with Crippen LogP contribution in [0.2, 0.25) is 5.02 Å². The molecule has 2 rings (SSSR count). The monoisotopic (exact) mass is 335 g/mol. The molecule has 0 radical (unpaired) electrons. The Bertz CT molecular complexity index is 714. The van der Waals surface area contributed by atoms with E-state index >= 15 is 0 Å². The summed E-state index contributed by atoms with van der Waals surface area (Å²) in [5.74, 6) is -1.75. The van der Waals surface area contributed by atoms with Gasteiger partial charge in [-0.15, -0.1) is 0 Å². The van der Waals surface area contributed by atoms with Gasteiger partial charge in [-0.2, -0.15) is 5.10 Å². The van der Waals surface area contributed by atoms with Gasteiger partial charge in [-0.1, -0.05) is 50.1 Å². The molecule has 0 fully saturated rings. The number of hydrogen-bond donors (Lipinski definition) is 3. The summed E-state index contributed by atoms with van der Waals surface area (Å²) >= 11 is 6.10. The van der Waals surface area contributed by atoms with Crippen LogP contribution >= 0.6 is 11.6 Å². The van der Waals surface area contributed by atoms with Gasteiger partial charge in [0.15, 0.2) is 0 Å². The number of aliphatic carboxylic acids is 1. The number of carboxylic acid groups (broad SMARTS) is 1. The number of aromatic amines is 1. The van der Waals surface area contributed by atoms with Gasteiger partial charge < -0.3 is 10.4 Å². The first-order valence-electron chi connectivity index (χ1n) is 7.28. The molecule has 1 heterocycles. The van der Waals surface area contributed by atoms with E-state index in [4.69, 9.17) is 11.6 Å². The van der Waals surface area contributed by atoms with Gasteiger partial charge in [-0.25, -0.2) is 4.79 Å². The topological polar surface area (TPSA) is 95.1 Å². The van der Waals surface area contributed by atoms with Crippen LogP contribution in [0.1, 0.15) is 30.8 Å². The number of nitrogens with zero attached hydrogens (tertiary/aromatic N) is 1. The maximum atomic E-state index is 12.2. The second-order valence-electron chi connectivity index (χ2n) is 5.32. The maximum Gasteiger partial charge on any atom is 0.326 e. The number of aromatic nitrogens is 2. The highest BCUT2D eigenvalue weighted by molar-refractivity contribution is 6.33. The molecule has 0 aliphatic heterocycles. The lowest BCUT2D eigenvalue weighted by molar-refractivity contribution is -0.140. The molecule has 2 unspecified atom stereocenters. The van der Waals surface area contributed by atoms with E-state index in [-0.39, 0.29) is 11.6 Å². The summed E-state index contributed by atoms with van der Waals surface area (Å²) in [6, 6.07) is 7.74. The first-order chi connectivity index (χ1) is 10.9. The number of carbonyl (C=O) groups excluding carboxylic acids is 1. The summed E-state index contributed by atoms with van der Waals surface area (Å²) in [5, 5.41) is 19.0. The van der Waals surface area contributed by atoms with E-state index in [1.807, 2.05) is 13.0 Å². The lowest BCUT2D eigenvalue weighted by Gasteiger charge is -2.19. The van der Waals surface area contributed by atoms with E-state index in [0.29, 0.717) is 22.7 Å². The Morgan fingerprint density at radius 1 is 1.39 bits per heavy atom. The average molecular weight is 336 g/mol. The van der Waals surface area contributed by atoms with Crippen LogP contribution in [0.15, 0.2) is 30.3 Å². The van der Waals surface area contributed by atoms with Crippen molar-refractivity contribution < 1.29 is 14.7 Å². The van der Waals surface area contributed by atoms with E-state index in [1.165, 1.54) is 0 Å². The number of amides is 1. The summed E-state index contributed by atoms with van der Waals surface area (Å²) in [6.45, 7) is 3.65. The van der Waals surface area contributed by atoms with Gasteiger partial charge >= 0.3 is 5.97 Å². The summed E-state index contributed by atoms with van der Waals surface area (Å²) in [5.41, 5.74) is 1.41. The molecule has 6 nitrogen and oxygen atoms in total. The van der Waals surface area contributed by atoms with Crippen molar-refractivity contribution in [2.45, 2.75) is 26.3 Å². The van der Waals surface area contributed by atoms with Crippen LogP contribution in [0.3, 0.4) is 0 Å². The molecule has 0 aliphatic carbocycles. The van der Waals surface area contributed by atoms with Crippen LogP contribution in [0.4, 0.5) is 0 Å². The zero-order valence-corrected chi connectivity index (χ0v) is 13.6. The third-order valence-electron chi connectivity index (χ3n) is 3.74. The fraction of sp³-hybridized carbons (Fsp3) is 0.312. The van der Waals surface area contributed by atoms with Gasteiger partial charge in [0.1, 0.15) is 11.7 Å². The molecule has 0 saturated heterocycles. The standard InChI is InChI=1S/C16H18ClN3O3/c1-3-9(2)14(16(22)23)18-15(21)13-8-12(19-20-13)10-6-4-5-7-11(10)17/h4-9,14H,3H2,1-2H3,(H,18,21)(H,19,20)(H,22,23). The van der Waals surface area contributed by atoms with Crippen LogP contribution in [0, 0.1) is 5.92 Å². The zero-order valence-electron chi connectivity index (χ0n) is 12.8. The lowest BCUT2D eigenvalue weighted by atomic mass is 9.99. The predicted molar refractivity (Wildman–Crippen MR) is 87.4 cm³/mol. The van der Waals surface area contributed by atoms with Crippen molar-refractivity contribution in [3.8, 4) is 11.3 Å². The Morgan fingerprint density at radius 3 is 2.70 bits per heavy atom. The van der Waals surface area contributed by atoms with Crippen LogP contribution in [-0.4, -0.2) is 33.2 Å². The summed E-state index contributed by atoms with van der Waals surface area (Å²) in [4.78, 5) is 23.5. The second kappa shape index (κ2) is 7.28. The van der Waals surface area contributed by atoms with Crippen molar-refractivity contribution in [1.29, 1.82) is 0 Å². The number of rotatable bonds is 6. The molecule has 0 spiro atoms. The van der Waals surface area contributed by atoms with Gasteiger partial charge in [-0.3, -0.25) is 9.89 Å². The van der Waals surface area contributed by atoms with Crippen LogP contribution < -0.4 is 5.32 Å². The first kappa shape index (κ1) is 17.0. The third kappa shape index (κ3) is 3.90. The number of carbonyl (C=O) groups is 2. The molecule has 122 valence electrons. The minimum Gasteiger partial charge on any atom is -0.480 e. The predicted octanol–water partition coefficient (Wildman–Crippen LogP) is 2.96. The Hall–Kier alpha value is -2.34. The van der Waals surface area contributed by atoms with Gasteiger partial charge in [-0.05, 0) is 18.1 Å². The molecule has 2 aromatic rings. The van der Waals surface area contributed by atoms with Gasteiger partial charge in [0, 0.05) is 5.56 Å². The largest absolute Gasteiger partial charge is 0.480 e. The highest BCUT2D eigenvalue weighted by Crippen LogP contribution is 2.26. The maximum absolute atomic E-state index is 12.2. The fourth-order valence-corrected chi connectivity index (χ4v) is 2.38. The molecule has 1 aromatic carbocycles. The van der Waals surface area contributed by atoms with Crippen LogP contribution in [0.25, 0.3) is 11.3 Å². The number of carboxylic acids is 1. The molecule has 3 N–H and O–H groups in total. The van der Waals surface area contributed by atoms with E-state index in [9.17, 15) is 14.7 Å². The van der Waals surface area contributed by atoms with Gasteiger partial charge in [0.2, 0.25) is 0 Å². The molecule has 0 bridgehead atoms. The summed E-state index contributed by atoms with van der Waals surface area (Å²) in [7, 11) is 0. The highest BCUT2D eigenvalue weighted by Gasteiger charge is 2.26. The van der Waals surface area contributed by atoms with E-state index < -0.39 is 17.9 Å². The molecule has 7 heteroatoms.